The van der Waals surface area contributed by atoms with E-state index in [0.29, 0.717) is 30.5 Å². The molecular formula is C20H31ClFN7O3. The number of likely N-dealkylation sites (N-methyl/N-ethyl adjacent to an activating group) is 1. The molecule has 1 aromatic rings. The van der Waals surface area contributed by atoms with Crippen molar-refractivity contribution < 1.29 is 19.2 Å². The van der Waals surface area contributed by atoms with Gasteiger partial charge in [-0.3, -0.25) is 25.6 Å². The Morgan fingerprint density at radius 2 is 2.09 bits per heavy atom. The number of hydrogen-bond donors (Lipinski definition) is 3. The number of anilines is 2. The lowest BCUT2D eigenvalue weighted by Gasteiger charge is -2.38. The molecule has 3 rings (SSSR count). The number of halogens is 2. The van der Waals surface area contributed by atoms with Crippen LogP contribution in [0.15, 0.2) is 0 Å². The standard InChI is InChI=1S/C20H31ClFN7O3/c1-13-10-28(8-7-27(13)2)18-16(22)17(23-20(21)24-18)25-26-19(31)15(11-29(32)12-30)9-14-5-3-4-6-14/h12-15,32H,3-11H2,1-2H3,(H,26,31)(H,23,24,25)/t13-,15+/m1/s1. The van der Waals surface area contributed by atoms with Gasteiger partial charge in [-0.05, 0) is 37.9 Å². The fourth-order valence-electron chi connectivity index (χ4n) is 4.35. The number of carbonyl (C=O) groups excluding carboxylic acids is 2. The van der Waals surface area contributed by atoms with Crippen molar-refractivity contribution in [1.82, 2.24) is 25.4 Å². The molecule has 0 unspecified atom stereocenters. The van der Waals surface area contributed by atoms with Gasteiger partial charge in [-0.15, -0.1) is 0 Å². The maximum atomic E-state index is 15.2. The monoisotopic (exact) mass is 471 g/mol. The first-order valence-electron chi connectivity index (χ1n) is 10.9. The molecule has 32 heavy (non-hydrogen) atoms. The molecule has 2 amide bonds. The molecule has 2 heterocycles. The van der Waals surface area contributed by atoms with Crippen molar-refractivity contribution in [2.45, 2.75) is 45.1 Å². The van der Waals surface area contributed by atoms with E-state index in [1.807, 2.05) is 14.0 Å². The topological polar surface area (TPSA) is 114 Å². The highest BCUT2D eigenvalue weighted by Gasteiger charge is 2.29. The second-order valence-corrected chi connectivity index (χ2v) is 9.02. The number of hydroxylamine groups is 2. The maximum Gasteiger partial charge on any atom is 0.243 e. The van der Waals surface area contributed by atoms with Crippen LogP contribution < -0.4 is 15.8 Å². The molecule has 178 valence electrons. The Balaban J connectivity index is 1.69. The van der Waals surface area contributed by atoms with Gasteiger partial charge < -0.3 is 9.80 Å². The molecule has 0 radical (unpaired) electrons. The molecule has 1 saturated carbocycles. The summed E-state index contributed by atoms with van der Waals surface area (Å²) in [6.45, 7) is 3.80. The summed E-state index contributed by atoms with van der Waals surface area (Å²) in [4.78, 5) is 35.5. The highest BCUT2D eigenvalue weighted by atomic mass is 35.5. The molecule has 0 aromatic carbocycles. The van der Waals surface area contributed by atoms with Crippen LogP contribution in [0.3, 0.4) is 0 Å². The first kappa shape index (κ1) is 24.4. The van der Waals surface area contributed by atoms with Crippen molar-refractivity contribution in [3.05, 3.63) is 11.1 Å². The van der Waals surface area contributed by atoms with Gasteiger partial charge in [0.1, 0.15) is 0 Å². The van der Waals surface area contributed by atoms with E-state index in [0.717, 1.165) is 32.2 Å². The minimum Gasteiger partial charge on any atom is -0.351 e. The van der Waals surface area contributed by atoms with Crippen LogP contribution in [0.1, 0.15) is 39.0 Å². The van der Waals surface area contributed by atoms with E-state index in [1.54, 1.807) is 4.90 Å². The summed E-state index contributed by atoms with van der Waals surface area (Å²) < 4.78 is 15.2. The van der Waals surface area contributed by atoms with Crippen LogP contribution in [-0.2, 0) is 9.59 Å². The molecule has 0 bridgehead atoms. The zero-order valence-corrected chi connectivity index (χ0v) is 19.2. The molecule has 2 atom stereocenters. The van der Waals surface area contributed by atoms with E-state index in [-0.39, 0.29) is 35.9 Å². The van der Waals surface area contributed by atoms with Crippen molar-refractivity contribution >= 4 is 35.6 Å². The predicted molar refractivity (Wildman–Crippen MR) is 118 cm³/mol. The van der Waals surface area contributed by atoms with Crippen molar-refractivity contribution in [3.8, 4) is 0 Å². The highest BCUT2D eigenvalue weighted by Crippen LogP contribution is 2.31. The number of amides is 2. The highest BCUT2D eigenvalue weighted by molar-refractivity contribution is 6.28. The third-order valence-corrected chi connectivity index (χ3v) is 6.53. The van der Waals surface area contributed by atoms with Crippen LogP contribution in [0.2, 0.25) is 5.28 Å². The van der Waals surface area contributed by atoms with Crippen LogP contribution in [0.4, 0.5) is 16.0 Å². The van der Waals surface area contributed by atoms with Crippen LogP contribution in [0.5, 0.6) is 0 Å². The molecule has 1 aliphatic carbocycles. The third kappa shape index (κ3) is 6.17. The SMILES string of the molecule is C[C@@H]1CN(c2nc(Cl)nc(NNC(=O)[C@@H](CC3CCCC3)CN(O)C=O)c2F)CCN1C. The summed E-state index contributed by atoms with van der Waals surface area (Å²) in [5.74, 6) is -1.65. The van der Waals surface area contributed by atoms with Gasteiger partial charge in [0.2, 0.25) is 23.4 Å². The van der Waals surface area contributed by atoms with Crippen molar-refractivity contribution in [2.75, 3.05) is 43.6 Å². The zero-order chi connectivity index (χ0) is 23.3. The van der Waals surface area contributed by atoms with Gasteiger partial charge in [0.25, 0.3) is 0 Å². The van der Waals surface area contributed by atoms with Crippen LogP contribution >= 0.6 is 11.6 Å². The van der Waals surface area contributed by atoms with E-state index >= 15 is 4.39 Å². The van der Waals surface area contributed by atoms with E-state index in [1.165, 1.54) is 0 Å². The Labute approximate surface area is 192 Å². The first-order valence-corrected chi connectivity index (χ1v) is 11.3. The Bertz CT molecular complexity index is 812. The fraction of sp³-hybridized carbons (Fsp3) is 0.700. The van der Waals surface area contributed by atoms with Gasteiger partial charge in [-0.2, -0.15) is 14.4 Å². The summed E-state index contributed by atoms with van der Waals surface area (Å²) in [5.41, 5.74) is 4.97. The van der Waals surface area contributed by atoms with Gasteiger partial charge in [-0.1, -0.05) is 25.7 Å². The van der Waals surface area contributed by atoms with Crippen molar-refractivity contribution in [2.24, 2.45) is 11.8 Å². The maximum absolute atomic E-state index is 15.2. The number of nitrogens with zero attached hydrogens (tertiary/aromatic N) is 5. The quantitative estimate of drug-likeness (QED) is 0.216. The molecule has 3 N–H and O–H groups in total. The molecule has 2 aliphatic rings. The normalized spacial score (nSPS) is 20.8. The lowest BCUT2D eigenvalue weighted by molar-refractivity contribution is -0.154. The molecule has 1 saturated heterocycles. The van der Waals surface area contributed by atoms with Crippen LogP contribution in [-0.4, -0.2) is 76.7 Å². The molecule has 1 aliphatic heterocycles. The third-order valence-electron chi connectivity index (χ3n) is 6.36. The van der Waals surface area contributed by atoms with Crippen molar-refractivity contribution in [1.29, 1.82) is 0 Å². The summed E-state index contributed by atoms with van der Waals surface area (Å²) in [6.07, 6.45) is 5.00. The second kappa shape index (κ2) is 11.1. The lowest BCUT2D eigenvalue weighted by atomic mass is 9.92. The molecule has 12 heteroatoms. The Morgan fingerprint density at radius 3 is 2.75 bits per heavy atom. The van der Waals surface area contributed by atoms with Gasteiger partial charge in [0.05, 0.1) is 12.5 Å². The fourth-order valence-corrected chi connectivity index (χ4v) is 4.51. The zero-order valence-electron chi connectivity index (χ0n) is 18.4. The van der Waals surface area contributed by atoms with E-state index < -0.39 is 17.6 Å². The Hall–Kier alpha value is -2.24. The lowest BCUT2D eigenvalue weighted by Crippen LogP contribution is -2.50. The number of carbonyl (C=O) groups is 2. The van der Waals surface area contributed by atoms with Crippen LogP contribution in [0.25, 0.3) is 0 Å². The van der Waals surface area contributed by atoms with Crippen LogP contribution in [0, 0.1) is 17.7 Å². The van der Waals surface area contributed by atoms with E-state index in [4.69, 9.17) is 11.6 Å². The Morgan fingerprint density at radius 1 is 1.38 bits per heavy atom. The van der Waals surface area contributed by atoms with Gasteiger partial charge in [-0.25, -0.2) is 5.06 Å². The Kier molecular flexibility index (Phi) is 8.44. The summed E-state index contributed by atoms with van der Waals surface area (Å²) in [6, 6.07) is 0.212. The van der Waals surface area contributed by atoms with E-state index in [9.17, 15) is 14.8 Å². The molecule has 2 fully saturated rings. The van der Waals surface area contributed by atoms with E-state index in [2.05, 4.69) is 25.7 Å². The molecule has 1 aromatic heterocycles. The first-order chi connectivity index (χ1) is 15.3. The average Bonchev–Trinajstić information content (AvgIpc) is 3.28. The summed E-state index contributed by atoms with van der Waals surface area (Å²) in [5, 5.41) is 9.90. The molecule has 0 spiro atoms. The number of hydrogen-bond acceptors (Lipinski definition) is 8. The van der Waals surface area contributed by atoms with Gasteiger partial charge in [0, 0.05) is 25.7 Å². The molecule has 10 nitrogen and oxygen atoms in total. The van der Waals surface area contributed by atoms with Gasteiger partial charge >= 0.3 is 0 Å². The smallest absolute Gasteiger partial charge is 0.243 e. The number of piperazine rings is 1. The summed E-state index contributed by atoms with van der Waals surface area (Å²) in [7, 11) is 2.01. The number of hydrazine groups is 1. The summed E-state index contributed by atoms with van der Waals surface area (Å²) >= 11 is 6.03. The largest absolute Gasteiger partial charge is 0.351 e. The number of aromatic nitrogens is 2. The van der Waals surface area contributed by atoms with Crippen molar-refractivity contribution in [3.63, 3.8) is 0 Å². The number of nitrogens with one attached hydrogen (secondary N) is 2. The predicted octanol–water partition coefficient (Wildman–Crippen LogP) is 1.90. The minimum atomic E-state index is -0.713. The minimum absolute atomic E-state index is 0.0756. The second-order valence-electron chi connectivity index (χ2n) is 8.68. The van der Waals surface area contributed by atoms with Gasteiger partial charge in [0.15, 0.2) is 11.6 Å². The molecular weight excluding hydrogens is 441 g/mol. The number of rotatable bonds is 9. The average molecular weight is 472 g/mol.